The summed E-state index contributed by atoms with van der Waals surface area (Å²) in [6.45, 7) is 6.81. The van der Waals surface area contributed by atoms with Crippen molar-refractivity contribution in [3.8, 4) is 0 Å². The summed E-state index contributed by atoms with van der Waals surface area (Å²) in [5.74, 6) is 0. The zero-order valence-corrected chi connectivity index (χ0v) is 11.9. The van der Waals surface area contributed by atoms with Gasteiger partial charge in [-0.3, -0.25) is 0 Å². The fourth-order valence-corrected chi connectivity index (χ4v) is 2.72. The predicted molar refractivity (Wildman–Crippen MR) is 81.7 cm³/mol. The van der Waals surface area contributed by atoms with Gasteiger partial charge in [0.05, 0.1) is 6.04 Å². The van der Waals surface area contributed by atoms with Crippen molar-refractivity contribution in [1.82, 2.24) is 0 Å². The van der Waals surface area contributed by atoms with Gasteiger partial charge in [-0.2, -0.15) is 0 Å². The lowest BCUT2D eigenvalue weighted by atomic mass is 9.85. The maximum Gasteiger partial charge on any atom is 0.0555 e. The Labute approximate surface area is 115 Å². The summed E-state index contributed by atoms with van der Waals surface area (Å²) in [6, 6.07) is 18.0. The summed E-state index contributed by atoms with van der Waals surface area (Å²) < 4.78 is 0. The maximum atomic E-state index is 3.63. The van der Waals surface area contributed by atoms with Gasteiger partial charge in [0.1, 0.15) is 0 Å². The molecule has 0 aromatic heterocycles. The van der Waals surface area contributed by atoms with Gasteiger partial charge in [-0.15, -0.1) is 0 Å². The quantitative estimate of drug-likeness (QED) is 0.775. The van der Waals surface area contributed by atoms with Gasteiger partial charge in [0.15, 0.2) is 0 Å². The van der Waals surface area contributed by atoms with Gasteiger partial charge in [-0.05, 0) is 34.6 Å². The van der Waals surface area contributed by atoms with Crippen molar-refractivity contribution >= 4 is 5.69 Å². The van der Waals surface area contributed by atoms with Gasteiger partial charge in [0, 0.05) is 5.69 Å². The Bertz CT molecular complexity index is 578. The van der Waals surface area contributed by atoms with Crippen LogP contribution >= 0.6 is 0 Å². The van der Waals surface area contributed by atoms with Crippen LogP contribution in [0.25, 0.3) is 0 Å². The Balaban J connectivity index is 1.89. The highest BCUT2D eigenvalue weighted by Gasteiger charge is 2.23. The zero-order valence-electron chi connectivity index (χ0n) is 11.9. The molecule has 0 saturated heterocycles. The zero-order chi connectivity index (χ0) is 13.5. The van der Waals surface area contributed by atoms with Gasteiger partial charge < -0.3 is 5.32 Å². The first-order valence-corrected chi connectivity index (χ1v) is 6.99. The Hall–Kier alpha value is -1.76. The van der Waals surface area contributed by atoms with E-state index in [9.17, 15) is 0 Å². The molecule has 0 fully saturated rings. The number of benzene rings is 2. The summed E-state index contributed by atoms with van der Waals surface area (Å²) in [5.41, 5.74) is 5.75. The first kappa shape index (κ1) is 12.3. The molecule has 19 heavy (non-hydrogen) atoms. The van der Waals surface area contributed by atoms with Crippen molar-refractivity contribution in [3.05, 3.63) is 65.2 Å². The topological polar surface area (TPSA) is 12.0 Å². The molecule has 3 rings (SSSR count). The average molecular weight is 251 g/mol. The first-order valence-electron chi connectivity index (χ1n) is 6.99. The minimum absolute atomic E-state index is 0.222. The number of fused-ring (bicyclic) bond motifs is 1. The Morgan fingerprint density at radius 2 is 1.74 bits per heavy atom. The van der Waals surface area contributed by atoms with E-state index < -0.39 is 0 Å². The van der Waals surface area contributed by atoms with Crippen LogP contribution in [0.4, 0.5) is 5.69 Å². The maximum absolute atomic E-state index is 3.63. The van der Waals surface area contributed by atoms with E-state index in [0.717, 1.165) is 6.42 Å². The summed E-state index contributed by atoms with van der Waals surface area (Å²) in [4.78, 5) is 0. The second-order valence-corrected chi connectivity index (χ2v) is 6.43. The van der Waals surface area contributed by atoms with Crippen molar-refractivity contribution in [1.29, 1.82) is 0 Å². The third-order valence-corrected chi connectivity index (χ3v) is 3.93. The highest BCUT2D eigenvalue weighted by Crippen LogP contribution is 2.36. The molecule has 0 bridgehead atoms. The van der Waals surface area contributed by atoms with Crippen molar-refractivity contribution in [2.45, 2.75) is 38.6 Å². The lowest BCUT2D eigenvalue weighted by molar-refractivity contribution is 0.589. The van der Waals surface area contributed by atoms with E-state index in [0.29, 0.717) is 6.04 Å². The largest absolute Gasteiger partial charge is 0.378 e. The van der Waals surface area contributed by atoms with E-state index in [1.807, 2.05) is 0 Å². The number of hydrogen-bond acceptors (Lipinski definition) is 1. The first-order chi connectivity index (χ1) is 9.04. The molecule has 1 heterocycles. The van der Waals surface area contributed by atoms with Gasteiger partial charge in [-0.1, -0.05) is 63.2 Å². The smallest absolute Gasteiger partial charge is 0.0555 e. The lowest BCUT2D eigenvalue weighted by Gasteiger charge is -2.19. The van der Waals surface area contributed by atoms with Crippen molar-refractivity contribution in [2.75, 3.05) is 5.32 Å². The summed E-state index contributed by atoms with van der Waals surface area (Å²) >= 11 is 0. The number of anilines is 1. The normalized spacial score (nSPS) is 17.9. The van der Waals surface area contributed by atoms with E-state index in [-0.39, 0.29) is 5.41 Å². The molecule has 0 aliphatic carbocycles. The van der Waals surface area contributed by atoms with Crippen LogP contribution in [-0.2, 0) is 11.8 Å². The van der Waals surface area contributed by atoms with Gasteiger partial charge >= 0.3 is 0 Å². The standard InChI is InChI=1S/C18H21N/c1-18(2,3)15-9-10-16-14(11-15)12-17(19-16)13-7-5-4-6-8-13/h4-11,17,19H,12H2,1-3H3. The van der Waals surface area contributed by atoms with Gasteiger partial charge in [0.2, 0.25) is 0 Å². The molecule has 1 nitrogen and oxygen atoms in total. The number of nitrogens with one attached hydrogen (secondary N) is 1. The molecule has 1 heteroatoms. The second-order valence-electron chi connectivity index (χ2n) is 6.43. The molecule has 1 aliphatic rings. The minimum atomic E-state index is 0.222. The monoisotopic (exact) mass is 251 g/mol. The Morgan fingerprint density at radius 3 is 2.42 bits per heavy atom. The van der Waals surface area contributed by atoms with Crippen LogP contribution in [0, 0.1) is 0 Å². The van der Waals surface area contributed by atoms with Crippen LogP contribution in [0.5, 0.6) is 0 Å². The fraction of sp³-hybridized carbons (Fsp3) is 0.333. The third kappa shape index (κ3) is 2.37. The average Bonchev–Trinajstić information content (AvgIpc) is 2.81. The summed E-state index contributed by atoms with van der Waals surface area (Å²) in [7, 11) is 0. The van der Waals surface area contributed by atoms with Crippen LogP contribution in [-0.4, -0.2) is 0 Å². The van der Waals surface area contributed by atoms with Crippen molar-refractivity contribution < 1.29 is 0 Å². The summed E-state index contributed by atoms with van der Waals surface area (Å²) in [5, 5.41) is 3.63. The third-order valence-electron chi connectivity index (χ3n) is 3.93. The summed E-state index contributed by atoms with van der Waals surface area (Å²) in [6.07, 6.45) is 1.09. The number of rotatable bonds is 1. The molecule has 1 atom stereocenters. The van der Waals surface area contributed by atoms with E-state index in [1.165, 1.54) is 22.4 Å². The Kier molecular flexibility index (Phi) is 2.85. The molecular weight excluding hydrogens is 230 g/mol. The van der Waals surface area contributed by atoms with E-state index >= 15 is 0 Å². The molecular formula is C18H21N. The van der Waals surface area contributed by atoms with Crippen LogP contribution in [0.15, 0.2) is 48.5 Å². The molecule has 0 saturated carbocycles. The van der Waals surface area contributed by atoms with Crippen molar-refractivity contribution in [2.24, 2.45) is 0 Å². The molecule has 1 N–H and O–H groups in total. The molecule has 98 valence electrons. The molecule has 2 aromatic carbocycles. The minimum Gasteiger partial charge on any atom is -0.378 e. The molecule has 0 radical (unpaired) electrons. The SMILES string of the molecule is CC(C)(C)c1ccc2c(c1)CC(c1ccccc1)N2. The Morgan fingerprint density at radius 1 is 1.00 bits per heavy atom. The van der Waals surface area contributed by atoms with E-state index in [1.54, 1.807) is 0 Å². The molecule has 2 aromatic rings. The van der Waals surface area contributed by atoms with Gasteiger partial charge in [0.25, 0.3) is 0 Å². The van der Waals surface area contributed by atoms with Gasteiger partial charge in [-0.25, -0.2) is 0 Å². The van der Waals surface area contributed by atoms with Crippen LogP contribution in [0.3, 0.4) is 0 Å². The van der Waals surface area contributed by atoms with Crippen LogP contribution in [0.2, 0.25) is 0 Å². The molecule has 0 amide bonds. The fourth-order valence-electron chi connectivity index (χ4n) is 2.72. The highest BCUT2D eigenvalue weighted by atomic mass is 14.9. The second kappa shape index (κ2) is 4.41. The molecule has 1 aliphatic heterocycles. The van der Waals surface area contributed by atoms with Crippen LogP contribution < -0.4 is 5.32 Å². The van der Waals surface area contributed by atoms with Crippen molar-refractivity contribution in [3.63, 3.8) is 0 Å². The molecule has 1 unspecified atom stereocenters. The van der Waals surface area contributed by atoms with E-state index in [2.05, 4.69) is 74.6 Å². The predicted octanol–water partition coefficient (Wildman–Crippen LogP) is 4.69. The lowest BCUT2D eigenvalue weighted by Crippen LogP contribution is -2.10. The van der Waals surface area contributed by atoms with Crippen LogP contribution in [0.1, 0.15) is 43.5 Å². The number of hydrogen-bond donors (Lipinski definition) is 1. The highest BCUT2D eigenvalue weighted by molar-refractivity contribution is 5.59. The van der Waals surface area contributed by atoms with E-state index in [4.69, 9.17) is 0 Å². The molecule has 0 spiro atoms.